The fourth-order valence-corrected chi connectivity index (χ4v) is 6.63. The molecule has 1 fully saturated rings. The van der Waals surface area contributed by atoms with Crippen LogP contribution in [0.3, 0.4) is 0 Å². The highest BCUT2D eigenvalue weighted by Crippen LogP contribution is 2.34. The summed E-state index contributed by atoms with van der Waals surface area (Å²) in [7, 11) is 0. The number of nitrogens with two attached hydrogens (primary N) is 1. The zero-order valence-corrected chi connectivity index (χ0v) is 29.6. The minimum Gasteiger partial charge on any atom is -0.391 e. The van der Waals surface area contributed by atoms with Gasteiger partial charge in [0.1, 0.15) is 23.8 Å². The van der Waals surface area contributed by atoms with Gasteiger partial charge in [-0.2, -0.15) is 0 Å². The van der Waals surface area contributed by atoms with Crippen LogP contribution in [0.5, 0.6) is 0 Å². The molecule has 1 aromatic heterocycles. The number of benzene rings is 2. The number of nitrogens with one attached hydrogen (secondary N) is 3. The van der Waals surface area contributed by atoms with E-state index in [1.807, 2.05) is 75.4 Å². The Balaban J connectivity index is 1.41. The van der Waals surface area contributed by atoms with Crippen LogP contribution in [0, 0.1) is 11.3 Å². The summed E-state index contributed by atoms with van der Waals surface area (Å²) >= 11 is 0. The van der Waals surface area contributed by atoms with Crippen LogP contribution in [0.25, 0.3) is 11.1 Å². The highest BCUT2D eigenvalue weighted by atomic mass is 16.5. The Hall–Kier alpha value is -4.66. The fourth-order valence-electron chi connectivity index (χ4n) is 6.63. The lowest BCUT2D eigenvalue weighted by atomic mass is 9.85. The van der Waals surface area contributed by atoms with Gasteiger partial charge >= 0.3 is 0 Å². The highest BCUT2D eigenvalue weighted by molar-refractivity contribution is 5.93. The summed E-state index contributed by atoms with van der Waals surface area (Å²) in [6.07, 6.45) is 1.87. The van der Waals surface area contributed by atoms with Crippen LogP contribution in [-0.4, -0.2) is 99.6 Å². The van der Waals surface area contributed by atoms with Crippen LogP contribution in [0.1, 0.15) is 57.3 Å². The third kappa shape index (κ3) is 9.78. The Morgan fingerprint density at radius 3 is 2.35 bits per heavy atom. The molecule has 1 saturated heterocycles. The van der Waals surface area contributed by atoms with Gasteiger partial charge in [-0.25, -0.2) is 4.68 Å². The van der Waals surface area contributed by atoms with E-state index in [-0.39, 0.29) is 58.1 Å². The average Bonchev–Trinajstić information content (AvgIpc) is 3.73. The zero-order chi connectivity index (χ0) is 36.5. The van der Waals surface area contributed by atoms with E-state index in [2.05, 4.69) is 26.3 Å². The number of rotatable bonds is 4. The molecule has 2 aliphatic heterocycles. The number of ether oxygens (including phenoxy) is 1. The first-order valence-electron chi connectivity index (χ1n) is 17.6. The predicted molar refractivity (Wildman–Crippen MR) is 190 cm³/mol. The summed E-state index contributed by atoms with van der Waals surface area (Å²) in [5.74, 6) is -1.97. The molecule has 3 aromatic rings. The maximum Gasteiger partial charge on any atom is 0.248 e. The molecule has 0 saturated carbocycles. The molecule has 51 heavy (non-hydrogen) atoms. The van der Waals surface area contributed by atoms with Gasteiger partial charge in [-0.15, -0.1) is 5.10 Å². The summed E-state index contributed by atoms with van der Waals surface area (Å²) in [6, 6.07) is 14.9. The number of nitrogens with zero attached hydrogens (tertiary/aromatic N) is 4. The maximum atomic E-state index is 14.3. The molecule has 4 amide bonds. The third-order valence-corrected chi connectivity index (χ3v) is 9.35. The molecule has 14 heteroatoms. The standard InChI is InChI=1S/C37H50N8O6/c1-37(2,3)32-36(50)44-22-29(46)19-31(44)35(49)41-30(18-24-11-13-26(14-12-24)25-8-5-4-6-9-25)34(48)39-15-7-10-27(20-38)33(47)40-16-17-51-23-28-21-45(32)43-42-28/h4-6,8-9,11-14,21,27,29-32,46H,7,10,15-20,22-23,38H2,1-3H3,(H,39,48)(H,40,47)(H,41,49)/t27-,29-,30-,31+,32-/m1/s1. The molecule has 3 heterocycles. The number of hydrogen-bond donors (Lipinski definition) is 5. The van der Waals surface area contributed by atoms with Gasteiger partial charge in [-0.1, -0.05) is 80.6 Å². The fraction of sp³-hybridized carbons (Fsp3) is 0.514. The molecule has 2 bridgehead atoms. The van der Waals surface area contributed by atoms with Crippen LogP contribution in [0.4, 0.5) is 0 Å². The molecule has 2 aromatic carbocycles. The summed E-state index contributed by atoms with van der Waals surface area (Å²) in [5.41, 5.74) is 8.65. The van der Waals surface area contributed by atoms with Crippen LogP contribution < -0.4 is 21.7 Å². The molecule has 5 rings (SSSR count). The molecule has 14 nitrogen and oxygen atoms in total. The molecule has 0 spiro atoms. The van der Waals surface area contributed by atoms with E-state index in [0.717, 1.165) is 16.7 Å². The molecular formula is C37H50N8O6. The van der Waals surface area contributed by atoms with Gasteiger partial charge in [-0.3, -0.25) is 19.2 Å². The van der Waals surface area contributed by atoms with Gasteiger partial charge < -0.3 is 36.4 Å². The number of fused-ring (bicyclic) bond motifs is 3. The van der Waals surface area contributed by atoms with Gasteiger partial charge in [-0.05, 0) is 34.9 Å². The SMILES string of the molecule is CC(C)(C)[C@H]1C(=O)N2C[C@H](O)C[C@H]2C(=O)N[C@H](Cc2ccc(-c3ccccc3)cc2)C(=O)NCCC[C@H](CN)C(=O)NCCOCc2cn1nn2. The second-order valence-electron chi connectivity index (χ2n) is 14.4. The minimum absolute atomic E-state index is 0.0214. The number of aliphatic hydroxyl groups excluding tert-OH is 1. The van der Waals surface area contributed by atoms with Crippen molar-refractivity contribution in [3.63, 3.8) is 0 Å². The number of aromatic nitrogens is 3. The van der Waals surface area contributed by atoms with Crippen molar-refractivity contribution in [2.75, 3.05) is 32.8 Å². The summed E-state index contributed by atoms with van der Waals surface area (Å²) in [5, 5.41) is 27.8. The van der Waals surface area contributed by atoms with E-state index in [9.17, 15) is 24.3 Å². The third-order valence-electron chi connectivity index (χ3n) is 9.35. The normalized spacial score (nSPS) is 24.8. The number of carbonyl (C=O) groups is 4. The molecular weight excluding hydrogens is 652 g/mol. The van der Waals surface area contributed by atoms with E-state index < -0.39 is 53.3 Å². The van der Waals surface area contributed by atoms with E-state index in [1.54, 1.807) is 6.20 Å². The Labute approximate surface area is 298 Å². The lowest BCUT2D eigenvalue weighted by Gasteiger charge is -2.35. The lowest BCUT2D eigenvalue weighted by Crippen LogP contribution is -2.55. The second kappa shape index (κ2) is 17.0. The van der Waals surface area contributed by atoms with Gasteiger partial charge in [0.2, 0.25) is 23.6 Å². The molecule has 0 aliphatic carbocycles. The first-order valence-corrected chi connectivity index (χ1v) is 17.6. The van der Waals surface area contributed by atoms with Gasteiger partial charge in [0, 0.05) is 39.0 Å². The van der Waals surface area contributed by atoms with Gasteiger partial charge in [0.15, 0.2) is 0 Å². The van der Waals surface area contributed by atoms with Crippen molar-refractivity contribution < 1.29 is 29.0 Å². The van der Waals surface area contributed by atoms with E-state index in [0.29, 0.717) is 18.5 Å². The topological polar surface area (TPSA) is 194 Å². The molecule has 6 N–H and O–H groups in total. The number of aliphatic hydroxyl groups is 1. The van der Waals surface area contributed by atoms with E-state index in [1.165, 1.54) is 9.58 Å². The Bertz CT molecular complexity index is 1640. The van der Waals surface area contributed by atoms with Crippen LogP contribution in [0.2, 0.25) is 0 Å². The molecule has 2 aliphatic rings. The number of hydrogen-bond acceptors (Lipinski definition) is 9. The predicted octanol–water partition coefficient (Wildman–Crippen LogP) is 1.34. The average molecular weight is 703 g/mol. The van der Waals surface area contributed by atoms with Gasteiger partial charge in [0.05, 0.1) is 31.4 Å². The van der Waals surface area contributed by atoms with Crippen molar-refractivity contribution in [3.8, 4) is 11.1 Å². The molecule has 0 radical (unpaired) electrons. The van der Waals surface area contributed by atoms with E-state index in [4.69, 9.17) is 10.5 Å². The zero-order valence-electron chi connectivity index (χ0n) is 29.6. The van der Waals surface area contributed by atoms with Crippen LogP contribution in [0.15, 0.2) is 60.8 Å². The highest BCUT2D eigenvalue weighted by Gasteiger charge is 2.45. The molecule has 5 atom stereocenters. The summed E-state index contributed by atoms with van der Waals surface area (Å²) in [4.78, 5) is 56.1. The van der Waals surface area contributed by atoms with Crippen molar-refractivity contribution in [1.82, 2.24) is 35.8 Å². The number of amides is 4. The number of carbonyl (C=O) groups excluding carboxylic acids is 4. The first-order chi connectivity index (χ1) is 24.4. The van der Waals surface area contributed by atoms with Crippen molar-refractivity contribution in [1.29, 1.82) is 0 Å². The second-order valence-corrected chi connectivity index (χ2v) is 14.4. The smallest absolute Gasteiger partial charge is 0.248 e. The molecule has 274 valence electrons. The van der Waals surface area contributed by atoms with Crippen molar-refractivity contribution in [2.45, 2.75) is 77.3 Å². The minimum atomic E-state index is -1.01. The first kappa shape index (κ1) is 37.6. The van der Waals surface area contributed by atoms with Crippen molar-refractivity contribution >= 4 is 23.6 Å². The Morgan fingerprint density at radius 2 is 1.65 bits per heavy atom. The Kier molecular flexibility index (Phi) is 12.6. The van der Waals surface area contributed by atoms with Gasteiger partial charge in [0.25, 0.3) is 0 Å². The monoisotopic (exact) mass is 702 g/mol. The lowest BCUT2D eigenvalue weighted by molar-refractivity contribution is -0.144. The van der Waals surface area contributed by atoms with E-state index >= 15 is 0 Å². The summed E-state index contributed by atoms with van der Waals surface area (Å²) < 4.78 is 7.17. The molecule has 0 unspecified atom stereocenters. The maximum absolute atomic E-state index is 14.3. The van der Waals surface area contributed by atoms with Crippen LogP contribution in [-0.2, 0) is 36.9 Å². The van der Waals surface area contributed by atoms with Crippen LogP contribution >= 0.6 is 0 Å². The van der Waals surface area contributed by atoms with Crippen molar-refractivity contribution in [3.05, 3.63) is 72.1 Å². The Morgan fingerprint density at radius 1 is 0.941 bits per heavy atom. The quantitative estimate of drug-likeness (QED) is 0.267. The van der Waals surface area contributed by atoms with Crippen molar-refractivity contribution in [2.24, 2.45) is 17.1 Å². The summed E-state index contributed by atoms with van der Waals surface area (Å²) in [6.45, 7) is 6.66. The largest absolute Gasteiger partial charge is 0.391 e.